The van der Waals surface area contributed by atoms with Crippen LogP contribution in [0.1, 0.15) is 56.6 Å². The molecule has 1 aliphatic heterocycles. The molecule has 2 amide bonds. The fourth-order valence-electron chi connectivity index (χ4n) is 4.72. The van der Waals surface area contributed by atoms with Crippen LogP contribution in [0.15, 0.2) is 48.5 Å². The summed E-state index contributed by atoms with van der Waals surface area (Å²) in [6, 6.07) is 14.2. The third kappa shape index (κ3) is 4.79. The van der Waals surface area contributed by atoms with Gasteiger partial charge in [0.05, 0.1) is 24.8 Å². The van der Waals surface area contributed by atoms with Crippen molar-refractivity contribution >= 4 is 34.9 Å². The van der Waals surface area contributed by atoms with E-state index in [9.17, 15) is 19.2 Å². The molecule has 36 heavy (non-hydrogen) atoms. The number of aryl methyl sites for hydroxylation is 2. The Hall–Kier alpha value is -4.20. The number of Topliss-reactive ketones (excluding diaryl/α,β-unsaturated/α-hetero) is 1. The van der Waals surface area contributed by atoms with E-state index in [1.807, 2.05) is 55.5 Å². The van der Waals surface area contributed by atoms with E-state index < -0.39 is 12.0 Å². The second-order valence-electron chi connectivity index (χ2n) is 9.01. The number of benzene rings is 2. The maximum atomic E-state index is 13.8. The van der Waals surface area contributed by atoms with Gasteiger partial charge in [-0.3, -0.25) is 19.3 Å². The largest absolute Gasteiger partial charge is 0.465 e. The number of nitrogens with zero attached hydrogens (tertiary/aromatic N) is 1. The predicted molar refractivity (Wildman–Crippen MR) is 136 cm³/mol. The van der Waals surface area contributed by atoms with Crippen molar-refractivity contribution in [1.29, 1.82) is 0 Å². The number of anilines is 2. The topological polar surface area (TPSA) is 109 Å². The number of aromatic amines is 1. The second kappa shape index (κ2) is 10.2. The van der Waals surface area contributed by atoms with Crippen molar-refractivity contribution in [3.63, 3.8) is 0 Å². The quantitative estimate of drug-likeness (QED) is 0.401. The van der Waals surface area contributed by atoms with Gasteiger partial charge in [0.15, 0.2) is 5.78 Å². The van der Waals surface area contributed by atoms with Crippen LogP contribution < -0.4 is 10.2 Å². The maximum absolute atomic E-state index is 13.8. The van der Waals surface area contributed by atoms with Crippen LogP contribution in [-0.4, -0.2) is 41.7 Å². The lowest BCUT2D eigenvalue weighted by atomic mass is 9.94. The number of carbonyl (C=O) groups is 4. The Morgan fingerprint density at radius 3 is 2.42 bits per heavy atom. The smallest absolute Gasteiger partial charge is 0.339 e. The summed E-state index contributed by atoms with van der Waals surface area (Å²) in [5, 5.41) is 2.93. The highest BCUT2D eigenvalue weighted by Crippen LogP contribution is 2.32. The summed E-state index contributed by atoms with van der Waals surface area (Å²) in [7, 11) is 1.25. The van der Waals surface area contributed by atoms with E-state index in [1.165, 1.54) is 18.9 Å². The number of aromatic nitrogens is 1. The number of nitrogens with one attached hydrogen (secondary N) is 2. The molecule has 0 spiro atoms. The van der Waals surface area contributed by atoms with Crippen molar-refractivity contribution in [3.05, 3.63) is 82.2 Å². The van der Waals surface area contributed by atoms with Gasteiger partial charge in [-0.2, -0.15) is 0 Å². The van der Waals surface area contributed by atoms with Gasteiger partial charge in [0, 0.05) is 24.0 Å². The Bertz CT molecular complexity index is 1340. The number of rotatable bonds is 6. The first kappa shape index (κ1) is 24.9. The number of ether oxygens (including phenoxy) is 1. The van der Waals surface area contributed by atoms with Crippen molar-refractivity contribution in [2.75, 3.05) is 17.3 Å². The number of fused-ring (bicyclic) bond motifs is 1. The molecule has 2 N–H and O–H groups in total. The van der Waals surface area contributed by atoms with Crippen molar-refractivity contribution in [1.82, 2.24) is 4.98 Å². The highest BCUT2D eigenvalue weighted by Gasteiger charge is 2.36. The van der Waals surface area contributed by atoms with Crippen LogP contribution in [0.4, 0.5) is 11.4 Å². The van der Waals surface area contributed by atoms with Gasteiger partial charge in [-0.15, -0.1) is 0 Å². The van der Waals surface area contributed by atoms with Crippen molar-refractivity contribution in [3.8, 4) is 0 Å². The van der Waals surface area contributed by atoms with Gasteiger partial charge in [0.25, 0.3) is 0 Å². The molecule has 0 saturated heterocycles. The molecule has 8 heteroatoms. The molecule has 0 aliphatic carbocycles. The third-order valence-electron chi connectivity index (χ3n) is 6.54. The van der Waals surface area contributed by atoms with E-state index in [-0.39, 0.29) is 41.0 Å². The Morgan fingerprint density at radius 1 is 1.06 bits per heavy atom. The zero-order valence-electron chi connectivity index (χ0n) is 20.8. The zero-order chi connectivity index (χ0) is 26.0. The lowest BCUT2D eigenvalue weighted by Crippen LogP contribution is -2.51. The Morgan fingerprint density at radius 2 is 1.75 bits per heavy atom. The standard InChI is InChI=1S/C28H29N3O5/c1-16-9-12-20(13-10-16)29-27(34)23-14-11-19-7-5-6-8-22(19)31(23)24(33)15-21-25(28(35)36-4)17(2)26(30-21)18(3)32/h5-10,12-13,23,30H,11,14-15H2,1-4H3,(H,29,34)/t23-/m1/s1. The van der Waals surface area contributed by atoms with Gasteiger partial charge in [-0.05, 0) is 56.0 Å². The molecular weight excluding hydrogens is 458 g/mol. The SMILES string of the molecule is COC(=O)c1c(CC(=O)N2c3ccccc3CC[C@@H]2C(=O)Nc2ccc(C)cc2)[nH]c(C(C)=O)c1C. The summed E-state index contributed by atoms with van der Waals surface area (Å²) in [5.41, 5.74) is 4.49. The van der Waals surface area contributed by atoms with Crippen LogP contribution in [0.25, 0.3) is 0 Å². The fraction of sp³-hybridized carbons (Fsp3) is 0.286. The number of amides is 2. The van der Waals surface area contributed by atoms with Crippen molar-refractivity contribution in [2.45, 2.75) is 46.1 Å². The van der Waals surface area contributed by atoms with Gasteiger partial charge in [-0.1, -0.05) is 35.9 Å². The average Bonchev–Trinajstić information content (AvgIpc) is 3.19. The first-order chi connectivity index (χ1) is 17.2. The first-order valence-electron chi connectivity index (χ1n) is 11.8. The lowest BCUT2D eigenvalue weighted by Gasteiger charge is -2.36. The molecule has 8 nitrogen and oxygen atoms in total. The molecule has 3 aromatic rings. The number of esters is 1. The minimum atomic E-state index is -0.737. The minimum Gasteiger partial charge on any atom is -0.465 e. The molecule has 0 bridgehead atoms. The monoisotopic (exact) mass is 487 g/mol. The molecule has 2 heterocycles. The van der Waals surface area contributed by atoms with Crippen LogP contribution in [0.3, 0.4) is 0 Å². The number of hydrogen-bond donors (Lipinski definition) is 2. The van der Waals surface area contributed by atoms with Gasteiger partial charge in [-0.25, -0.2) is 4.79 Å². The molecule has 0 unspecified atom stereocenters. The molecule has 4 rings (SSSR count). The Kier molecular flexibility index (Phi) is 7.05. The third-order valence-corrected chi connectivity index (χ3v) is 6.54. The Labute approximate surface area is 209 Å². The highest BCUT2D eigenvalue weighted by atomic mass is 16.5. The highest BCUT2D eigenvalue weighted by molar-refractivity contribution is 6.07. The minimum absolute atomic E-state index is 0.169. The van der Waals surface area contributed by atoms with Gasteiger partial charge >= 0.3 is 5.97 Å². The summed E-state index contributed by atoms with van der Waals surface area (Å²) < 4.78 is 4.91. The van der Waals surface area contributed by atoms with E-state index in [1.54, 1.807) is 6.92 Å². The van der Waals surface area contributed by atoms with Crippen LogP contribution in [0.2, 0.25) is 0 Å². The molecular formula is C28H29N3O5. The zero-order valence-corrected chi connectivity index (χ0v) is 20.8. The summed E-state index contributed by atoms with van der Waals surface area (Å²) in [6.07, 6.45) is 0.892. The molecule has 0 radical (unpaired) electrons. The summed E-state index contributed by atoms with van der Waals surface area (Å²) in [4.78, 5) is 56.2. The van der Waals surface area contributed by atoms with Crippen molar-refractivity contribution < 1.29 is 23.9 Å². The van der Waals surface area contributed by atoms with Gasteiger partial charge < -0.3 is 15.0 Å². The molecule has 1 aliphatic rings. The number of methoxy groups -OCH3 is 1. The number of hydrogen-bond acceptors (Lipinski definition) is 5. The number of carbonyl (C=O) groups excluding carboxylic acids is 4. The lowest BCUT2D eigenvalue weighted by molar-refractivity contribution is -0.123. The van der Waals surface area contributed by atoms with Crippen LogP contribution in [-0.2, 0) is 27.2 Å². The van der Waals surface area contributed by atoms with E-state index in [4.69, 9.17) is 4.74 Å². The fourth-order valence-corrected chi connectivity index (χ4v) is 4.72. The van der Waals surface area contributed by atoms with Crippen LogP contribution in [0.5, 0.6) is 0 Å². The molecule has 0 fully saturated rings. The number of para-hydroxylation sites is 1. The molecule has 186 valence electrons. The molecule has 0 saturated carbocycles. The number of H-pyrrole nitrogens is 1. The van der Waals surface area contributed by atoms with Crippen LogP contribution in [0, 0.1) is 13.8 Å². The number of ketones is 1. The summed E-state index contributed by atoms with van der Waals surface area (Å²) in [5.74, 6) is -1.54. The molecule has 1 aromatic heterocycles. The molecule has 1 atom stereocenters. The maximum Gasteiger partial charge on any atom is 0.339 e. The van der Waals surface area contributed by atoms with Crippen LogP contribution >= 0.6 is 0 Å². The second-order valence-corrected chi connectivity index (χ2v) is 9.01. The van der Waals surface area contributed by atoms with E-state index >= 15 is 0 Å². The summed E-state index contributed by atoms with van der Waals surface area (Å²) in [6.45, 7) is 4.99. The Balaban J connectivity index is 1.69. The first-order valence-corrected chi connectivity index (χ1v) is 11.8. The van der Waals surface area contributed by atoms with Crippen molar-refractivity contribution in [2.24, 2.45) is 0 Å². The van der Waals surface area contributed by atoms with E-state index in [0.29, 0.717) is 29.8 Å². The predicted octanol–water partition coefficient (Wildman–Crippen LogP) is 4.15. The normalized spacial score (nSPS) is 14.7. The van der Waals surface area contributed by atoms with E-state index in [2.05, 4.69) is 10.3 Å². The average molecular weight is 488 g/mol. The van der Waals surface area contributed by atoms with E-state index in [0.717, 1.165) is 11.1 Å². The van der Waals surface area contributed by atoms with Gasteiger partial charge in [0.1, 0.15) is 6.04 Å². The van der Waals surface area contributed by atoms with Gasteiger partial charge in [0.2, 0.25) is 11.8 Å². The molecule has 2 aromatic carbocycles. The summed E-state index contributed by atoms with van der Waals surface area (Å²) >= 11 is 0.